The van der Waals surface area contributed by atoms with Crippen LogP contribution in [-0.2, 0) is 11.3 Å². The smallest absolute Gasteiger partial charge is 0.364 e. The number of amides is 2. The number of allylic oxidation sites excluding steroid dienone is 1. The summed E-state index contributed by atoms with van der Waals surface area (Å²) in [5.74, 6) is 4.19. The zero-order valence-electron chi connectivity index (χ0n) is 17.6. The van der Waals surface area contributed by atoms with Gasteiger partial charge in [-0.3, -0.25) is 15.1 Å². The number of primary amides is 1. The van der Waals surface area contributed by atoms with E-state index in [1.54, 1.807) is 13.0 Å². The van der Waals surface area contributed by atoms with E-state index in [4.69, 9.17) is 23.2 Å². The molecule has 164 valence electrons. The molecule has 2 aromatic carbocycles. The van der Waals surface area contributed by atoms with Crippen LogP contribution < -0.4 is 16.9 Å². The predicted molar refractivity (Wildman–Crippen MR) is 123 cm³/mol. The van der Waals surface area contributed by atoms with Gasteiger partial charge in [0.1, 0.15) is 5.69 Å². The van der Waals surface area contributed by atoms with Crippen LogP contribution in [0.15, 0.2) is 54.7 Å². The molecule has 32 heavy (non-hydrogen) atoms. The summed E-state index contributed by atoms with van der Waals surface area (Å²) in [7, 11) is 0. The maximum Gasteiger partial charge on any atom is 0.430 e. The van der Waals surface area contributed by atoms with E-state index in [0.717, 1.165) is 22.3 Å². The molecule has 3 rings (SSSR count). The first-order valence-electron chi connectivity index (χ1n) is 9.59. The molecule has 0 fully saturated rings. The lowest BCUT2D eigenvalue weighted by molar-refractivity contribution is 0.0994. The lowest BCUT2D eigenvalue weighted by Gasteiger charge is -2.11. The summed E-state index contributed by atoms with van der Waals surface area (Å²) in [5.41, 5.74) is 11.2. The second-order valence-corrected chi connectivity index (χ2v) is 7.57. The Bertz CT molecular complexity index is 1210. The summed E-state index contributed by atoms with van der Waals surface area (Å²) >= 11 is 6.50. The fraction of sp³-hybridized carbons (Fsp3) is 0.130. The van der Waals surface area contributed by atoms with Gasteiger partial charge in [-0.1, -0.05) is 54.6 Å². The van der Waals surface area contributed by atoms with E-state index in [1.807, 2.05) is 43.3 Å². The van der Waals surface area contributed by atoms with Crippen molar-refractivity contribution in [3.63, 3.8) is 0 Å². The minimum Gasteiger partial charge on any atom is -0.364 e. The quantitative estimate of drug-likeness (QED) is 0.487. The molecule has 0 aliphatic rings. The standard InChI is InChI=1S/C23H22ClN5O3/c1-12(27-23(31)32-26)10-15-4-9-18(19(24)11-15)16-5-7-17(8-6-16)20-13(2)28-14(3)21(29-20)22(25)30/h4-9,11H,1,10,26H2,2-3H3,(H2,25,30)(H,27,31). The van der Waals surface area contributed by atoms with Gasteiger partial charge in [-0.05, 0) is 31.0 Å². The van der Waals surface area contributed by atoms with Crippen molar-refractivity contribution < 1.29 is 14.4 Å². The van der Waals surface area contributed by atoms with Gasteiger partial charge in [0, 0.05) is 28.3 Å². The van der Waals surface area contributed by atoms with E-state index in [0.29, 0.717) is 34.2 Å². The Morgan fingerprint density at radius 3 is 2.31 bits per heavy atom. The Hall–Kier alpha value is -3.75. The minimum atomic E-state index is -0.783. The highest BCUT2D eigenvalue weighted by Gasteiger charge is 2.14. The highest BCUT2D eigenvalue weighted by atomic mass is 35.5. The molecule has 0 unspecified atom stereocenters. The van der Waals surface area contributed by atoms with E-state index in [-0.39, 0.29) is 5.69 Å². The maximum absolute atomic E-state index is 11.6. The number of nitrogens with one attached hydrogen (secondary N) is 1. The van der Waals surface area contributed by atoms with Crippen LogP contribution in [0.2, 0.25) is 5.02 Å². The first-order valence-corrected chi connectivity index (χ1v) is 9.97. The predicted octanol–water partition coefficient (Wildman–Crippen LogP) is 3.84. The minimum absolute atomic E-state index is 0.157. The average Bonchev–Trinajstić information content (AvgIpc) is 2.74. The molecule has 9 heteroatoms. The third-order valence-electron chi connectivity index (χ3n) is 4.78. The Labute approximate surface area is 190 Å². The monoisotopic (exact) mass is 451 g/mol. The molecule has 0 saturated carbocycles. The van der Waals surface area contributed by atoms with Gasteiger partial charge in [-0.15, -0.1) is 0 Å². The zero-order chi connectivity index (χ0) is 23.4. The molecule has 0 aliphatic heterocycles. The Kier molecular flexibility index (Phi) is 6.87. The zero-order valence-corrected chi connectivity index (χ0v) is 18.4. The molecule has 0 spiro atoms. The van der Waals surface area contributed by atoms with E-state index in [1.165, 1.54) is 0 Å². The second kappa shape index (κ2) is 9.59. The number of aryl methyl sites for hydroxylation is 2. The van der Waals surface area contributed by atoms with Crippen molar-refractivity contribution in [2.24, 2.45) is 11.6 Å². The highest BCUT2D eigenvalue weighted by Crippen LogP contribution is 2.31. The van der Waals surface area contributed by atoms with Crippen LogP contribution in [0, 0.1) is 13.8 Å². The summed E-state index contributed by atoms with van der Waals surface area (Å²) in [4.78, 5) is 35.6. The largest absolute Gasteiger partial charge is 0.430 e. The molecule has 0 radical (unpaired) electrons. The molecular formula is C23H22ClN5O3. The van der Waals surface area contributed by atoms with Crippen molar-refractivity contribution in [2.45, 2.75) is 20.3 Å². The van der Waals surface area contributed by atoms with Gasteiger partial charge in [0.05, 0.1) is 17.1 Å². The molecule has 3 aromatic rings. The number of carbonyl (C=O) groups excluding carboxylic acids is 2. The lowest BCUT2D eigenvalue weighted by atomic mass is 9.99. The van der Waals surface area contributed by atoms with E-state index in [9.17, 15) is 9.59 Å². The van der Waals surface area contributed by atoms with Crippen molar-refractivity contribution in [1.82, 2.24) is 15.3 Å². The number of rotatable bonds is 6. The number of nitrogens with two attached hydrogens (primary N) is 2. The van der Waals surface area contributed by atoms with Crippen LogP contribution >= 0.6 is 11.6 Å². The fourth-order valence-electron chi connectivity index (χ4n) is 3.31. The second-order valence-electron chi connectivity index (χ2n) is 7.16. The van der Waals surface area contributed by atoms with Crippen molar-refractivity contribution in [3.8, 4) is 22.4 Å². The van der Waals surface area contributed by atoms with E-state index < -0.39 is 12.0 Å². The van der Waals surface area contributed by atoms with Crippen LogP contribution in [-0.4, -0.2) is 22.0 Å². The maximum atomic E-state index is 11.6. The SMILES string of the molecule is C=C(Cc1ccc(-c2ccc(-c3nc(C(N)=O)c(C)nc3C)cc2)c(Cl)c1)NC(=O)ON. The van der Waals surface area contributed by atoms with Gasteiger partial charge in [0.2, 0.25) is 0 Å². The molecule has 0 atom stereocenters. The van der Waals surface area contributed by atoms with Crippen molar-refractivity contribution in [2.75, 3.05) is 0 Å². The van der Waals surface area contributed by atoms with Crippen molar-refractivity contribution >= 4 is 23.6 Å². The Morgan fingerprint density at radius 1 is 1.06 bits per heavy atom. The molecule has 5 N–H and O–H groups in total. The number of nitrogens with zero attached hydrogens (tertiary/aromatic N) is 2. The molecule has 0 saturated heterocycles. The molecule has 1 heterocycles. The van der Waals surface area contributed by atoms with Crippen LogP contribution in [0.25, 0.3) is 22.4 Å². The molecule has 8 nitrogen and oxygen atoms in total. The van der Waals surface area contributed by atoms with Crippen molar-refractivity contribution in [1.29, 1.82) is 0 Å². The lowest BCUT2D eigenvalue weighted by Crippen LogP contribution is -2.26. The number of hydrogen-bond acceptors (Lipinski definition) is 6. The van der Waals surface area contributed by atoms with Crippen molar-refractivity contribution in [3.05, 3.63) is 82.4 Å². The molecule has 2 amide bonds. The molecule has 1 aromatic heterocycles. The summed E-state index contributed by atoms with van der Waals surface area (Å²) in [5, 5.41) is 2.97. The van der Waals surface area contributed by atoms with Gasteiger partial charge >= 0.3 is 6.09 Å². The normalized spacial score (nSPS) is 10.5. The van der Waals surface area contributed by atoms with Gasteiger partial charge in [0.15, 0.2) is 0 Å². The molecule has 0 bridgehead atoms. The number of aromatic nitrogens is 2. The first kappa shape index (κ1) is 22.9. The van der Waals surface area contributed by atoms with Crippen LogP contribution in [0.1, 0.15) is 27.4 Å². The topological polar surface area (TPSA) is 133 Å². The van der Waals surface area contributed by atoms with E-state index >= 15 is 0 Å². The van der Waals surface area contributed by atoms with Crippen LogP contribution in [0.5, 0.6) is 0 Å². The summed E-state index contributed by atoms with van der Waals surface area (Å²) in [6.45, 7) is 7.30. The van der Waals surface area contributed by atoms with Gasteiger partial charge < -0.3 is 10.6 Å². The van der Waals surface area contributed by atoms with E-state index in [2.05, 4.69) is 26.7 Å². The Balaban J connectivity index is 1.84. The number of benzene rings is 2. The van der Waals surface area contributed by atoms with Crippen LogP contribution in [0.4, 0.5) is 4.79 Å². The van der Waals surface area contributed by atoms with Gasteiger partial charge in [-0.25, -0.2) is 9.78 Å². The number of halogens is 1. The molecular weight excluding hydrogens is 430 g/mol. The third-order valence-corrected chi connectivity index (χ3v) is 5.10. The summed E-state index contributed by atoms with van der Waals surface area (Å²) in [6, 6.07) is 13.2. The van der Waals surface area contributed by atoms with Crippen LogP contribution in [0.3, 0.4) is 0 Å². The average molecular weight is 452 g/mol. The summed E-state index contributed by atoms with van der Waals surface area (Å²) in [6.07, 6.45) is -0.407. The summed E-state index contributed by atoms with van der Waals surface area (Å²) < 4.78 is 0. The third kappa shape index (κ3) is 5.11. The number of hydrogen-bond donors (Lipinski definition) is 3. The van der Waals surface area contributed by atoms with Gasteiger partial charge in [0.25, 0.3) is 5.91 Å². The first-order chi connectivity index (χ1) is 15.2. The molecule has 0 aliphatic carbocycles. The number of carbonyl (C=O) groups is 2. The van der Waals surface area contributed by atoms with Gasteiger partial charge in [-0.2, -0.15) is 5.90 Å². The fourth-order valence-corrected chi connectivity index (χ4v) is 3.62. The Morgan fingerprint density at radius 2 is 1.72 bits per heavy atom. The highest BCUT2D eigenvalue weighted by molar-refractivity contribution is 6.33.